The van der Waals surface area contributed by atoms with Gasteiger partial charge in [-0.25, -0.2) is 0 Å². The first kappa shape index (κ1) is 24.6. The number of hydrogen-bond acceptors (Lipinski definition) is 7. The highest BCUT2D eigenvalue weighted by Crippen LogP contribution is 2.56. The Morgan fingerprint density at radius 3 is 2.49 bits per heavy atom. The van der Waals surface area contributed by atoms with Gasteiger partial charge in [-0.2, -0.15) is 0 Å². The molecule has 4 aromatic carbocycles. The van der Waals surface area contributed by atoms with Gasteiger partial charge in [0.2, 0.25) is 5.75 Å². The van der Waals surface area contributed by atoms with Crippen LogP contribution in [0.15, 0.2) is 60.7 Å². The maximum atomic E-state index is 10.6. The fourth-order valence-corrected chi connectivity index (χ4v) is 6.79. The Morgan fingerprint density at radius 1 is 0.829 bits per heavy atom. The number of phenols is 1. The number of ether oxygens (including phenoxy) is 4. The predicted molar refractivity (Wildman–Crippen MR) is 155 cm³/mol. The van der Waals surface area contributed by atoms with Crippen LogP contribution in [-0.2, 0) is 25.7 Å². The molecule has 0 amide bonds. The first-order chi connectivity index (χ1) is 20.0. The van der Waals surface area contributed by atoms with Crippen LogP contribution in [0.3, 0.4) is 0 Å². The molecule has 0 spiro atoms. The molecule has 0 aliphatic carbocycles. The maximum Gasteiger partial charge on any atom is 0.212 e. The smallest absolute Gasteiger partial charge is 0.212 e. The number of nitrogens with zero attached hydrogens (tertiary/aromatic N) is 1. The zero-order valence-electron chi connectivity index (χ0n) is 23.2. The van der Waals surface area contributed by atoms with Crippen LogP contribution in [0, 0.1) is 0 Å². The molecule has 5 aliphatic rings. The highest BCUT2D eigenvalue weighted by atomic mass is 16.6. The summed E-state index contributed by atoms with van der Waals surface area (Å²) < 4.78 is 25.5. The number of hydrogen-bond donors (Lipinski definition) is 2. The molecule has 7 heteroatoms. The van der Waals surface area contributed by atoms with Gasteiger partial charge in [0.05, 0.1) is 7.11 Å². The Kier molecular flexibility index (Phi) is 5.66. The minimum absolute atomic E-state index is 0.0858. The summed E-state index contributed by atoms with van der Waals surface area (Å²) in [6.07, 6.45) is 3.36. The van der Waals surface area contributed by atoms with Crippen LogP contribution in [0.2, 0.25) is 0 Å². The van der Waals surface area contributed by atoms with Gasteiger partial charge in [-0.05, 0) is 110 Å². The third-order valence-corrected chi connectivity index (χ3v) is 8.98. The first-order valence-electron chi connectivity index (χ1n) is 14.3. The number of phenolic OH excluding ortho intramolecular Hbond substituents is 1. The molecule has 7 bridgehead atoms. The molecule has 0 fully saturated rings. The quantitative estimate of drug-likeness (QED) is 0.244. The fraction of sp³-hybridized carbons (Fsp3) is 0.294. The summed E-state index contributed by atoms with van der Waals surface area (Å²) in [5.41, 5.74) is 7.11. The van der Waals surface area contributed by atoms with Gasteiger partial charge in [-0.15, -0.1) is 0 Å². The molecule has 0 saturated heterocycles. The van der Waals surface area contributed by atoms with Crippen molar-refractivity contribution in [1.29, 1.82) is 0 Å². The third-order valence-electron chi connectivity index (χ3n) is 8.98. The lowest BCUT2D eigenvalue weighted by Crippen LogP contribution is -2.34. The highest BCUT2D eigenvalue weighted by Gasteiger charge is 2.36. The lowest BCUT2D eigenvalue weighted by molar-refractivity contribution is 0.220. The zero-order valence-corrected chi connectivity index (χ0v) is 23.2. The molecule has 0 unspecified atom stereocenters. The second-order valence-corrected chi connectivity index (χ2v) is 11.5. The molecular formula is C34H32N2O5. The number of fused-ring (bicyclic) bond motifs is 2. The zero-order chi connectivity index (χ0) is 27.7. The summed E-state index contributed by atoms with van der Waals surface area (Å²) in [5, 5.41) is 14.3. The first-order valence-corrected chi connectivity index (χ1v) is 14.3. The molecule has 0 radical (unpaired) electrons. The minimum Gasteiger partial charge on any atom is -0.504 e. The second-order valence-electron chi connectivity index (χ2n) is 11.5. The SMILES string of the molecule is COc1cc2c3c4c1Oc1cc5c(cc1O4)[C@@H](Cc1ccc(O)c(c1)Oc1ccc(cc1)C[C@H]3N(C)CC2)NCC5. The van der Waals surface area contributed by atoms with E-state index in [1.807, 2.05) is 24.3 Å². The molecule has 9 rings (SSSR count). The molecule has 41 heavy (non-hydrogen) atoms. The Bertz CT molecular complexity index is 1680. The second kappa shape index (κ2) is 9.43. The van der Waals surface area contributed by atoms with E-state index < -0.39 is 0 Å². The Balaban J connectivity index is 1.32. The Labute approximate surface area is 239 Å². The number of likely N-dealkylation sites (N-methyl/N-ethyl adjacent to an activating group) is 1. The van der Waals surface area contributed by atoms with E-state index in [1.54, 1.807) is 13.2 Å². The molecule has 2 N–H and O–H groups in total. The molecule has 7 nitrogen and oxygen atoms in total. The van der Waals surface area contributed by atoms with E-state index in [1.165, 1.54) is 22.3 Å². The van der Waals surface area contributed by atoms with Gasteiger partial charge in [0, 0.05) is 24.2 Å². The lowest BCUT2D eigenvalue weighted by atomic mass is 9.87. The van der Waals surface area contributed by atoms with E-state index >= 15 is 0 Å². The highest BCUT2D eigenvalue weighted by molar-refractivity contribution is 5.67. The van der Waals surface area contributed by atoms with Crippen molar-refractivity contribution in [1.82, 2.24) is 10.2 Å². The number of benzene rings is 4. The Hall–Kier alpha value is -4.20. The van der Waals surface area contributed by atoms with Crippen molar-refractivity contribution in [3.05, 3.63) is 94.0 Å². The van der Waals surface area contributed by atoms with Crippen LogP contribution in [0.5, 0.6) is 46.0 Å². The molecular weight excluding hydrogens is 516 g/mol. The summed E-state index contributed by atoms with van der Waals surface area (Å²) in [5.74, 6) is 4.85. The van der Waals surface area contributed by atoms with Crippen LogP contribution in [0.25, 0.3) is 0 Å². The number of methoxy groups -OCH3 is 1. The van der Waals surface area contributed by atoms with Gasteiger partial charge in [0.25, 0.3) is 0 Å². The van der Waals surface area contributed by atoms with E-state index in [-0.39, 0.29) is 17.8 Å². The van der Waals surface area contributed by atoms with Crippen LogP contribution < -0.4 is 24.3 Å². The van der Waals surface area contributed by atoms with Gasteiger partial charge in [-0.1, -0.05) is 18.2 Å². The van der Waals surface area contributed by atoms with E-state index in [0.29, 0.717) is 23.0 Å². The van der Waals surface area contributed by atoms with Crippen LogP contribution in [-0.4, -0.2) is 37.3 Å². The normalized spacial score (nSPS) is 20.3. The summed E-state index contributed by atoms with van der Waals surface area (Å²) in [4.78, 5) is 2.40. The molecule has 4 aromatic rings. The third kappa shape index (κ3) is 4.11. The van der Waals surface area contributed by atoms with Crippen LogP contribution in [0.4, 0.5) is 0 Å². The molecule has 5 aliphatic heterocycles. The van der Waals surface area contributed by atoms with Crippen molar-refractivity contribution in [2.45, 2.75) is 37.8 Å². The van der Waals surface area contributed by atoms with Crippen molar-refractivity contribution < 1.29 is 24.1 Å². The molecule has 0 saturated carbocycles. The van der Waals surface area contributed by atoms with Crippen LogP contribution >= 0.6 is 0 Å². The van der Waals surface area contributed by atoms with Crippen molar-refractivity contribution in [3.63, 3.8) is 0 Å². The number of aromatic hydroxyl groups is 1. The van der Waals surface area contributed by atoms with E-state index in [9.17, 15) is 5.11 Å². The molecule has 5 heterocycles. The monoisotopic (exact) mass is 548 g/mol. The topological polar surface area (TPSA) is 72.4 Å². The largest absolute Gasteiger partial charge is 0.504 e. The van der Waals surface area contributed by atoms with E-state index in [4.69, 9.17) is 18.9 Å². The van der Waals surface area contributed by atoms with Crippen molar-refractivity contribution >= 4 is 0 Å². The van der Waals surface area contributed by atoms with E-state index in [0.717, 1.165) is 67.1 Å². The molecule has 0 aromatic heterocycles. The van der Waals surface area contributed by atoms with Crippen molar-refractivity contribution in [2.24, 2.45) is 0 Å². The van der Waals surface area contributed by atoms with Crippen LogP contribution in [0.1, 0.15) is 45.5 Å². The van der Waals surface area contributed by atoms with Gasteiger partial charge < -0.3 is 29.4 Å². The van der Waals surface area contributed by atoms with Gasteiger partial charge >= 0.3 is 0 Å². The standard InChI is InChI=1S/C34H32N2O5/c1-36-12-10-22-17-31(38-2)33-34-32(22)26(36)14-19-3-6-23(7-4-19)39-28-15-20(5-8-27(28)37)13-25-24-18-30(41-34)29(40-33)16-21(24)9-11-35-25/h3-8,15-18,25-26,35,37H,9-14H2,1-2H3/t25-,26-/m1/s1. The van der Waals surface area contributed by atoms with Gasteiger partial charge in [0.1, 0.15) is 5.75 Å². The number of rotatable bonds is 1. The summed E-state index contributed by atoms with van der Waals surface area (Å²) in [6, 6.07) is 20.4. The lowest BCUT2D eigenvalue weighted by Gasteiger charge is -2.38. The average Bonchev–Trinajstić information content (AvgIpc) is 2.98. The summed E-state index contributed by atoms with van der Waals surface area (Å²) >= 11 is 0. The molecule has 2 atom stereocenters. The van der Waals surface area contributed by atoms with E-state index in [2.05, 4.69) is 47.6 Å². The Morgan fingerprint density at radius 2 is 1.63 bits per heavy atom. The minimum atomic E-state index is 0.0858. The maximum absolute atomic E-state index is 10.6. The van der Waals surface area contributed by atoms with Gasteiger partial charge in [0.15, 0.2) is 34.5 Å². The fourth-order valence-electron chi connectivity index (χ4n) is 6.79. The van der Waals surface area contributed by atoms with Gasteiger partial charge in [-0.3, -0.25) is 4.90 Å². The summed E-state index contributed by atoms with van der Waals surface area (Å²) in [7, 11) is 3.87. The predicted octanol–water partition coefficient (Wildman–Crippen LogP) is 6.61. The number of nitrogens with one attached hydrogen (secondary N) is 1. The molecule has 208 valence electrons. The summed E-state index contributed by atoms with van der Waals surface area (Å²) in [6.45, 7) is 1.81. The van der Waals surface area contributed by atoms with Crippen molar-refractivity contribution in [2.75, 3.05) is 27.2 Å². The average molecular weight is 549 g/mol. The van der Waals surface area contributed by atoms with Crippen molar-refractivity contribution in [3.8, 4) is 46.0 Å².